The molecule has 0 spiro atoms. The number of hydrogen-bond donors (Lipinski definition) is 1. The quantitative estimate of drug-likeness (QED) is 0.754. The van der Waals surface area contributed by atoms with E-state index in [0.717, 1.165) is 43.4 Å². The molecule has 1 aromatic heterocycles. The highest BCUT2D eigenvalue weighted by Gasteiger charge is 2.09. The Morgan fingerprint density at radius 1 is 1.39 bits per heavy atom. The molecule has 0 radical (unpaired) electrons. The molecule has 0 aliphatic rings. The fourth-order valence-electron chi connectivity index (χ4n) is 1.83. The van der Waals surface area contributed by atoms with Gasteiger partial charge in [-0.2, -0.15) is 0 Å². The van der Waals surface area contributed by atoms with E-state index < -0.39 is 5.97 Å². The molecule has 0 unspecified atom stereocenters. The van der Waals surface area contributed by atoms with E-state index in [9.17, 15) is 4.79 Å². The first-order chi connectivity index (χ1) is 8.69. The standard InChI is InChI=1S/C14H20N2O2/c1-3-10-16(11-4-2)14-12(6-5-9-15-14)7-8-13(17)18/h5-9H,3-4,10-11H2,1-2H3,(H,17,18)/b8-7+. The van der Waals surface area contributed by atoms with Crippen molar-refractivity contribution in [2.24, 2.45) is 0 Å². The summed E-state index contributed by atoms with van der Waals surface area (Å²) in [4.78, 5) is 17.2. The van der Waals surface area contributed by atoms with Gasteiger partial charge in [0, 0.05) is 30.9 Å². The van der Waals surface area contributed by atoms with Gasteiger partial charge in [-0.3, -0.25) is 0 Å². The molecule has 0 bridgehead atoms. The maximum atomic E-state index is 10.6. The van der Waals surface area contributed by atoms with Gasteiger partial charge in [-0.25, -0.2) is 9.78 Å². The highest BCUT2D eigenvalue weighted by atomic mass is 16.4. The van der Waals surface area contributed by atoms with Crippen molar-refractivity contribution in [2.45, 2.75) is 26.7 Å². The minimum atomic E-state index is -0.942. The number of aromatic nitrogens is 1. The molecule has 0 aliphatic heterocycles. The van der Waals surface area contributed by atoms with Crippen molar-refractivity contribution in [3.8, 4) is 0 Å². The molecule has 0 aromatic carbocycles. The van der Waals surface area contributed by atoms with Gasteiger partial charge in [-0.05, 0) is 31.1 Å². The summed E-state index contributed by atoms with van der Waals surface area (Å²) in [6, 6.07) is 3.71. The first-order valence-corrected chi connectivity index (χ1v) is 6.30. The summed E-state index contributed by atoms with van der Waals surface area (Å²) >= 11 is 0. The molecule has 1 rings (SSSR count). The Labute approximate surface area is 108 Å². The Balaban J connectivity index is 3.01. The van der Waals surface area contributed by atoms with E-state index >= 15 is 0 Å². The molecule has 18 heavy (non-hydrogen) atoms. The van der Waals surface area contributed by atoms with E-state index in [1.54, 1.807) is 12.3 Å². The smallest absolute Gasteiger partial charge is 0.328 e. The molecule has 1 N–H and O–H groups in total. The maximum absolute atomic E-state index is 10.6. The number of nitrogens with zero attached hydrogens (tertiary/aromatic N) is 2. The minimum Gasteiger partial charge on any atom is -0.478 e. The molecule has 4 heteroatoms. The highest BCUT2D eigenvalue weighted by molar-refractivity contribution is 5.86. The third kappa shape index (κ3) is 4.20. The number of carboxylic acids is 1. The Morgan fingerprint density at radius 2 is 2.06 bits per heavy atom. The molecule has 0 fully saturated rings. The number of carboxylic acid groups (broad SMARTS) is 1. The van der Waals surface area contributed by atoms with Crippen LogP contribution in [0.25, 0.3) is 6.08 Å². The molecule has 0 atom stereocenters. The van der Waals surface area contributed by atoms with Crippen molar-refractivity contribution in [3.63, 3.8) is 0 Å². The van der Waals surface area contributed by atoms with Crippen LogP contribution in [-0.4, -0.2) is 29.1 Å². The van der Waals surface area contributed by atoms with Crippen molar-refractivity contribution < 1.29 is 9.90 Å². The van der Waals surface area contributed by atoms with Gasteiger partial charge in [0.25, 0.3) is 0 Å². The summed E-state index contributed by atoms with van der Waals surface area (Å²) in [6.07, 6.45) is 6.57. The average Bonchev–Trinajstić information content (AvgIpc) is 2.36. The molecular weight excluding hydrogens is 228 g/mol. The molecular formula is C14H20N2O2. The second-order valence-corrected chi connectivity index (χ2v) is 4.07. The summed E-state index contributed by atoms with van der Waals surface area (Å²) in [6.45, 7) is 6.11. The lowest BCUT2D eigenvalue weighted by molar-refractivity contribution is -0.131. The number of pyridine rings is 1. The zero-order valence-electron chi connectivity index (χ0n) is 11.0. The van der Waals surface area contributed by atoms with Crippen LogP contribution in [0.4, 0.5) is 5.82 Å². The Kier molecular flexibility index (Phi) is 5.91. The fraction of sp³-hybridized carbons (Fsp3) is 0.429. The van der Waals surface area contributed by atoms with Crippen molar-refractivity contribution in [3.05, 3.63) is 30.0 Å². The molecule has 1 heterocycles. The number of carbonyl (C=O) groups is 1. The van der Waals surface area contributed by atoms with Crippen molar-refractivity contribution in [1.82, 2.24) is 4.98 Å². The third-order valence-electron chi connectivity index (χ3n) is 2.51. The van der Waals surface area contributed by atoms with Gasteiger partial charge in [0.05, 0.1) is 0 Å². The van der Waals surface area contributed by atoms with Crippen LogP contribution in [0.1, 0.15) is 32.3 Å². The number of anilines is 1. The Morgan fingerprint density at radius 3 is 2.61 bits per heavy atom. The van der Waals surface area contributed by atoms with Crippen LogP contribution in [0.5, 0.6) is 0 Å². The van der Waals surface area contributed by atoms with Gasteiger partial charge in [0.2, 0.25) is 0 Å². The lowest BCUT2D eigenvalue weighted by Gasteiger charge is -2.24. The molecule has 0 aliphatic carbocycles. The SMILES string of the molecule is CCCN(CCC)c1ncccc1/C=C/C(=O)O. The van der Waals surface area contributed by atoms with Crippen LogP contribution < -0.4 is 4.90 Å². The van der Waals surface area contributed by atoms with E-state index in [-0.39, 0.29) is 0 Å². The molecule has 0 amide bonds. The summed E-state index contributed by atoms with van der Waals surface area (Å²) in [5, 5.41) is 8.69. The largest absolute Gasteiger partial charge is 0.478 e. The predicted molar refractivity (Wildman–Crippen MR) is 73.7 cm³/mol. The van der Waals surface area contributed by atoms with Crippen LogP contribution in [0.2, 0.25) is 0 Å². The zero-order valence-corrected chi connectivity index (χ0v) is 11.0. The zero-order chi connectivity index (χ0) is 13.4. The van der Waals surface area contributed by atoms with Crippen LogP contribution in [-0.2, 0) is 4.79 Å². The topological polar surface area (TPSA) is 53.4 Å². The van der Waals surface area contributed by atoms with E-state index in [2.05, 4.69) is 23.7 Å². The van der Waals surface area contributed by atoms with Gasteiger partial charge in [0.1, 0.15) is 5.82 Å². The summed E-state index contributed by atoms with van der Waals surface area (Å²) < 4.78 is 0. The van der Waals surface area contributed by atoms with E-state index in [0.29, 0.717) is 0 Å². The highest BCUT2D eigenvalue weighted by Crippen LogP contribution is 2.19. The summed E-state index contributed by atoms with van der Waals surface area (Å²) in [5.41, 5.74) is 0.849. The summed E-state index contributed by atoms with van der Waals surface area (Å²) in [7, 11) is 0. The van der Waals surface area contributed by atoms with Crippen LogP contribution in [0.3, 0.4) is 0 Å². The number of aliphatic carboxylic acids is 1. The molecule has 0 saturated carbocycles. The van der Waals surface area contributed by atoms with Gasteiger partial charge in [0.15, 0.2) is 0 Å². The third-order valence-corrected chi connectivity index (χ3v) is 2.51. The van der Waals surface area contributed by atoms with E-state index in [1.807, 2.05) is 12.1 Å². The lowest BCUT2D eigenvalue weighted by atomic mass is 10.2. The van der Waals surface area contributed by atoms with Crippen molar-refractivity contribution in [1.29, 1.82) is 0 Å². The van der Waals surface area contributed by atoms with Gasteiger partial charge < -0.3 is 10.0 Å². The van der Waals surface area contributed by atoms with Crippen LogP contribution in [0.15, 0.2) is 24.4 Å². The molecule has 0 saturated heterocycles. The van der Waals surface area contributed by atoms with Gasteiger partial charge >= 0.3 is 5.97 Å². The van der Waals surface area contributed by atoms with E-state index in [1.165, 1.54) is 0 Å². The van der Waals surface area contributed by atoms with E-state index in [4.69, 9.17) is 5.11 Å². The second kappa shape index (κ2) is 7.48. The Bertz CT molecular complexity index is 410. The lowest BCUT2D eigenvalue weighted by Crippen LogP contribution is -2.26. The first kappa shape index (κ1) is 14.2. The van der Waals surface area contributed by atoms with Crippen LogP contribution >= 0.6 is 0 Å². The molecule has 1 aromatic rings. The fourth-order valence-corrected chi connectivity index (χ4v) is 1.83. The number of rotatable bonds is 7. The maximum Gasteiger partial charge on any atom is 0.328 e. The van der Waals surface area contributed by atoms with Crippen molar-refractivity contribution in [2.75, 3.05) is 18.0 Å². The minimum absolute atomic E-state index is 0.849. The molecule has 4 nitrogen and oxygen atoms in total. The first-order valence-electron chi connectivity index (χ1n) is 6.30. The van der Waals surface area contributed by atoms with Gasteiger partial charge in [-0.1, -0.05) is 13.8 Å². The second-order valence-electron chi connectivity index (χ2n) is 4.07. The van der Waals surface area contributed by atoms with Crippen molar-refractivity contribution >= 4 is 17.9 Å². The van der Waals surface area contributed by atoms with Crippen LogP contribution in [0, 0.1) is 0 Å². The summed E-state index contributed by atoms with van der Waals surface area (Å²) in [5.74, 6) is -0.0824. The monoisotopic (exact) mass is 248 g/mol. The Hall–Kier alpha value is -1.84. The predicted octanol–water partition coefficient (Wildman–Crippen LogP) is 2.81. The molecule has 98 valence electrons. The normalized spacial score (nSPS) is 10.8. The van der Waals surface area contributed by atoms with Gasteiger partial charge in [-0.15, -0.1) is 0 Å². The number of hydrogen-bond acceptors (Lipinski definition) is 3. The average molecular weight is 248 g/mol.